The first-order chi connectivity index (χ1) is 11.1. The highest BCUT2D eigenvalue weighted by Gasteiger charge is 2.52. The molecule has 0 N–H and O–H groups in total. The zero-order chi connectivity index (χ0) is 18.4. The van der Waals surface area contributed by atoms with Crippen LogP contribution in [0.3, 0.4) is 0 Å². The number of hydrogen-bond acceptors (Lipinski definition) is 9. The molecule has 1 saturated heterocycles. The molecule has 0 aromatic carbocycles. The van der Waals surface area contributed by atoms with Crippen LogP contribution >= 0.6 is 0 Å². The molecule has 0 unspecified atom stereocenters. The van der Waals surface area contributed by atoms with Gasteiger partial charge in [0.1, 0.15) is 12.7 Å². The van der Waals surface area contributed by atoms with E-state index in [2.05, 4.69) is 0 Å². The molecule has 0 aromatic heterocycles. The summed E-state index contributed by atoms with van der Waals surface area (Å²) in [5.74, 6) is -3.13. The number of alkyl halides is 1. The van der Waals surface area contributed by atoms with E-state index >= 15 is 0 Å². The van der Waals surface area contributed by atoms with Crippen LogP contribution in [0.15, 0.2) is 0 Å². The van der Waals surface area contributed by atoms with Crippen LogP contribution in [0.1, 0.15) is 27.7 Å². The highest BCUT2D eigenvalue weighted by molar-refractivity contribution is 5.68. The van der Waals surface area contributed by atoms with Crippen molar-refractivity contribution < 1.29 is 47.3 Å². The molecule has 5 atom stereocenters. The van der Waals surface area contributed by atoms with Crippen molar-refractivity contribution in [3.8, 4) is 0 Å². The predicted molar refractivity (Wildman–Crippen MR) is 73.1 cm³/mol. The number of ether oxygens (including phenoxy) is 5. The van der Waals surface area contributed by atoms with E-state index in [0.29, 0.717) is 0 Å². The summed E-state index contributed by atoms with van der Waals surface area (Å²) >= 11 is 0. The third-order valence-electron chi connectivity index (χ3n) is 2.91. The van der Waals surface area contributed by atoms with Gasteiger partial charge < -0.3 is 23.7 Å². The lowest BCUT2D eigenvalue weighted by Gasteiger charge is -2.41. The Morgan fingerprint density at radius 1 is 0.833 bits per heavy atom. The Hall–Kier alpha value is -2.23. The summed E-state index contributed by atoms with van der Waals surface area (Å²) < 4.78 is 39.3. The van der Waals surface area contributed by atoms with Crippen molar-refractivity contribution in [2.24, 2.45) is 0 Å². The summed E-state index contributed by atoms with van der Waals surface area (Å²) in [5.41, 5.74) is 0. The van der Waals surface area contributed by atoms with Crippen LogP contribution < -0.4 is 0 Å². The maximum absolute atomic E-state index is 14.7. The summed E-state index contributed by atoms with van der Waals surface area (Å²) in [7, 11) is 0. The van der Waals surface area contributed by atoms with Crippen molar-refractivity contribution in [3.05, 3.63) is 0 Å². The van der Waals surface area contributed by atoms with Crippen LogP contribution in [0.4, 0.5) is 4.39 Å². The summed E-state index contributed by atoms with van der Waals surface area (Å²) in [6.07, 6.45) is -8.03. The molecule has 9 nitrogen and oxygen atoms in total. The molecule has 1 rings (SSSR count). The van der Waals surface area contributed by atoms with Crippen molar-refractivity contribution in [3.63, 3.8) is 0 Å². The number of esters is 4. The third kappa shape index (κ3) is 5.76. The van der Waals surface area contributed by atoms with Gasteiger partial charge in [-0.25, -0.2) is 4.39 Å². The van der Waals surface area contributed by atoms with Crippen molar-refractivity contribution in [1.29, 1.82) is 0 Å². The first kappa shape index (κ1) is 19.8. The summed E-state index contributed by atoms with van der Waals surface area (Å²) in [6.45, 7) is 3.82. The minimum Gasteiger partial charge on any atom is -0.463 e. The smallest absolute Gasteiger partial charge is 0.305 e. The number of rotatable bonds is 5. The molecular formula is C14H19FO9. The first-order valence-electron chi connectivity index (χ1n) is 7.06. The van der Waals surface area contributed by atoms with E-state index in [0.717, 1.165) is 27.7 Å². The molecule has 24 heavy (non-hydrogen) atoms. The van der Waals surface area contributed by atoms with Gasteiger partial charge >= 0.3 is 23.9 Å². The van der Waals surface area contributed by atoms with Crippen LogP contribution in [0.2, 0.25) is 0 Å². The Labute approximate surface area is 137 Å². The topological polar surface area (TPSA) is 114 Å². The average Bonchev–Trinajstić information content (AvgIpc) is 2.42. The predicted octanol–water partition coefficient (Wildman–Crippen LogP) is 0.0390. The fourth-order valence-corrected chi connectivity index (χ4v) is 2.11. The van der Waals surface area contributed by atoms with Crippen molar-refractivity contribution in [2.45, 2.75) is 58.5 Å². The van der Waals surface area contributed by atoms with Gasteiger partial charge in [0.05, 0.1) is 0 Å². The summed E-state index contributed by atoms with van der Waals surface area (Å²) in [5, 5.41) is 0. The van der Waals surface area contributed by atoms with Crippen LogP contribution in [-0.2, 0) is 42.9 Å². The molecule has 0 aliphatic carbocycles. The largest absolute Gasteiger partial charge is 0.463 e. The Morgan fingerprint density at radius 3 is 1.79 bits per heavy atom. The highest BCUT2D eigenvalue weighted by Crippen LogP contribution is 2.29. The van der Waals surface area contributed by atoms with Crippen LogP contribution in [0, 0.1) is 0 Å². The van der Waals surface area contributed by atoms with Gasteiger partial charge in [-0.05, 0) is 0 Å². The van der Waals surface area contributed by atoms with Crippen LogP contribution in [0.5, 0.6) is 0 Å². The SMILES string of the molecule is CC(=O)OC[C@H]1O[C@H](OC(C)=O)[C@H](OC(C)=O)[C@@H](F)[C@@H]1OC(C)=O. The van der Waals surface area contributed by atoms with Gasteiger partial charge in [-0.3, -0.25) is 19.2 Å². The van der Waals surface area contributed by atoms with Crippen molar-refractivity contribution >= 4 is 23.9 Å². The summed E-state index contributed by atoms with van der Waals surface area (Å²) in [4.78, 5) is 44.4. The van der Waals surface area contributed by atoms with Crippen LogP contribution in [0.25, 0.3) is 0 Å². The zero-order valence-corrected chi connectivity index (χ0v) is 13.6. The molecule has 0 spiro atoms. The van der Waals surface area contributed by atoms with Crippen LogP contribution in [-0.4, -0.2) is 61.3 Å². The highest BCUT2D eigenvalue weighted by atomic mass is 19.1. The quantitative estimate of drug-likeness (QED) is 0.500. The van der Waals surface area contributed by atoms with E-state index in [1.807, 2.05) is 0 Å². The lowest BCUT2D eigenvalue weighted by molar-refractivity contribution is -0.288. The molecule has 1 aliphatic heterocycles. The van der Waals surface area contributed by atoms with Gasteiger partial charge in [0, 0.05) is 27.7 Å². The number of carbonyl (C=O) groups is 4. The van der Waals surface area contributed by atoms with E-state index < -0.39 is 61.3 Å². The Kier molecular flexibility index (Phi) is 7.08. The van der Waals surface area contributed by atoms with E-state index in [1.165, 1.54) is 0 Å². The lowest BCUT2D eigenvalue weighted by atomic mass is 10.00. The second-order valence-corrected chi connectivity index (χ2v) is 5.05. The summed E-state index contributed by atoms with van der Waals surface area (Å²) in [6, 6.07) is 0. The fraction of sp³-hybridized carbons (Fsp3) is 0.714. The average molecular weight is 350 g/mol. The molecule has 136 valence electrons. The fourth-order valence-electron chi connectivity index (χ4n) is 2.11. The number of halogens is 1. The second kappa shape index (κ2) is 8.57. The van der Waals surface area contributed by atoms with Gasteiger partial charge in [0.25, 0.3) is 0 Å². The zero-order valence-electron chi connectivity index (χ0n) is 13.6. The molecule has 10 heteroatoms. The van der Waals surface area contributed by atoms with E-state index in [-0.39, 0.29) is 0 Å². The van der Waals surface area contributed by atoms with Crippen molar-refractivity contribution in [1.82, 2.24) is 0 Å². The Morgan fingerprint density at radius 2 is 1.33 bits per heavy atom. The monoisotopic (exact) mass is 350 g/mol. The van der Waals surface area contributed by atoms with Gasteiger partial charge in [-0.2, -0.15) is 0 Å². The molecule has 0 amide bonds. The molecule has 1 fully saturated rings. The standard InChI is InChI=1S/C14H19FO9/c1-6(16)20-5-10-12(21-7(2)17)11(15)13(22-8(3)18)14(24-10)23-9(4)19/h10-14H,5H2,1-4H3/t10-,11+,12-,13-,14+/m1/s1. The maximum Gasteiger partial charge on any atom is 0.305 e. The molecule has 0 saturated carbocycles. The van der Waals surface area contributed by atoms with Gasteiger partial charge in [0.15, 0.2) is 18.4 Å². The minimum absolute atomic E-state index is 0.446. The van der Waals surface area contributed by atoms with E-state index in [4.69, 9.17) is 23.7 Å². The van der Waals surface area contributed by atoms with Crippen molar-refractivity contribution in [2.75, 3.05) is 6.61 Å². The van der Waals surface area contributed by atoms with E-state index in [9.17, 15) is 23.6 Å². The molecule has 0 bridgehead atoms. The van der Waals surface area contributed by atoms with Gasteiger partial charge in [0.2, 0.25) is 6.29 Å². The first-order valence-corrected chi connectivity index (χ1v) is 7.06. The molecule has 0 aromatic rings. The molecule has 0 radical (unpaired) electrons. The van der Waals surface area contributed by atoms with Gasteiger partial charge in [-0.15, -0.1) is 0 Å². The lowest BCUT2D eigenvalue weighted by Crippen LogP contribution is -2.60. The number of carbonyl (C=O) groups excluding carboxylic acids is 4. The van der Waals surface area contributed by atoms with E-state index in [1.54, 1.807) is 0 Å². The Bertz CT molecular complexity index is 504. The molecular weight excluding hydrogens is 331 g/mol. The Balaban J connectivity index is 3.04. The minimum atomic E-state index is -2.06. The normalized spacial score (nSPS) is 29.3. The molecule has 1 heterocycles. The van der Waals surface area contributed by atoms with Gasteiger partial charge in [-0.1, -0.05) is 0 Å². The third-order valence-corrected chi connectivity index (χ3v) is 2.91. The number of hydrogen-bond donors (Lipinski definition) is 0. The molecule has 1 aliphatic rings. The maximum atomic E-state index is 14.7. The second-order valence-electron chi connectivity index (χ2n) is 5.05.